The molecule has 0 bridgehead atoms. The summed E-state index contributed by atoms with van der Waals surface area (Å²) in [5.74, 6) is -0.694. The fraction of sp³-hybridized carbons (Fsp3) is 0.292. The van der Waals surface area contributed by atoms with Crippen LogP contribution in [0, 0.1) is 0 Å². The molecular weight excluding hydrogens is 396 g/mol. The van der Waals surface area contributed by atoms with Gasteiger partial charge in [-0.25, -0.2) is 4.79 Å². The molecule has 0 radical (unpaired) electrons. The largest absolute Gasteiger partial charge is 0.494 e. The van der Waals surface area contributed by atoms with E-state index in [-0.39, 0.29) is 5.91 Å². The van der Waals surface area contributed by atoms with E-state index in [1.54, 1.807) is 44.2 Å². The van der Waals surface area contributed by atoms with Crippen molar-refractivity contribution in [2.75, 3.05) is 16.8 Å². The average Bonchev–Trinajstić information content (AvgIpc) is 2.74. The number of benzene rings is 2. The molecule has 1 heterocycles. The van der Waals surface area contributed by atoms with Crippen molar-refractivity contribution < 1.29 is 23.9 Å². The molecule has 1 aliphatic heterocycles. The van der Waals surface area contributed by atoms with Crippen LogP contribution in [-0.4, -0.2) is 36.0 Å². The Morgan fingerprint density at radius 1 is 1.13 bits per heavy atom. The number of carbonyl (C=O) groups excluding carboxylic acids is 3. The summed E-state index contributed by atoms with van der Waals surface area (Å²) in [4.78, 5) is 39.3. The molecule has 31 heavy (non-hydrogen) atoms. The molecule has 0 saturated carbocycles. The third-order valence-corrected chi connectivity index (χ3v) is 4.97. The number of para-hydroxylation sites is 2. The highest BCUT2D eigenvalue weighted by Gasteiger charge is 2.45. The molecule has 0 saturated heterocycles. The molecule has 2 aromatic carbocycles. The number of nitrogens with one attached hydrogen (secondary N) is 1. The van der Waals surface area contributed by atoms with E-state index >= 15 is 0 Å². The number of anilines is 2. The number of nitrogens with zero attached hydrogens (tertiary/aromatic N) is 1. The predicted octanol–water partition coefficient (Wildman–Crippen LogP) is 3.79. The molecule has 0 spiro atoms. The second-order valence-corrected chi connectivity index (χ2v) is 7.62. The molecular formula is C24H26N2O5. The monoisotopic (exact) mass is 422 g/mol. The van der Waals surface area contributed by atoms with Crippen molar-refractivity contribution in [3.63, 3.8) is 0 Å². The Labute approximate surface area is 181 Å². The van der Waals surface area contributed by atoms with E-state index < -0.39 is 23.5 Å². The van der Waals surface area contributed by atoms with E-state index in [9.17, 15) is 14.4 Å². The quantitative estimate of drug-likeness (QED) is 0.565. The first kappa shape index (κ1) is 22.1. The Morgan fingerprint density at radius 2 is 1.81 bits per heavy atom. The molecule has 162 valence electrons. The second kappa shape index (κ2) is 9.04. The van der Waals surface area contributed by atoms with Crippen LogP contribution in [0.2, 0.25) is 0 Å². The maximum absolute atomic E-state index is 13.2. The number of amides is 2. The summed E-state index contributed by atoms with van der Waals surface area (Å²) in [7, 11) is 0. The molecule has 1 atom stereocenters. The average molecular weight is 422 g/mol. The normalized spacial score (nSPS) is 15.7. The molecule has 7 heteroatoms. The van der Waals surface area contributed by atoms with E-state index in [1.165, 1.54) is 17.9 Å². The van der Waals surface area contributed by atoms with Crippen LogP contribution >= 0.6 is 0 Å². The fourth-order valence-electron chi connectivity index (χ4n) is 3.30. The summed E-state index contributed by atoms with van der Waals surface area (Å²) in [5, 5.41) is 2.80. The van der Waals surface area contributed by atoms with Gasteiger partial charge < -0.3 is 14.8 Å². The number of hydrogen-bond acceptors (Lipinski definition) is 5. The van der Waals surface area contributed by atoms with E-state index in [0.29, 0.717) is 18.0 Å². The third-order valence-electron chi connectivity index (χ3n) is 4.97. The van der Waals surface area contributed by atoms with Crippen LogP contribution in [0.1, 0.15) is 33.3 Å². The summed E-state index contributed by atoms with van der Waals surface area (Å²) >= 11 is 0. The number of ether oxygens (including phenoxy) is 2. The van der Waals surface area contributed by atoms with Crippen LogP contribution < -0.4 is 15.0 Å². The van der Waals surface area contributed by atoms with Gasteiger partial charge in [0.1, 0.15) is 11.3 Å². The number of hydrogen-bond donors (Lipinski definition) is 1. The lowest BCUT2D eigenvalue weighted by Gasteiger charge is -2.42. The van der Waals surface area contributed by atoms with Crippen LogP contribution in [0.3, 0.4) is 0 Å². The van der Waals surface area contributed by atoms with Gasteiger partial charge in [-0.15, -0.1) is 0 Å². The summed E-state index contributed by atoms with van der Waals surface area (Å²) in [6, 6.07) is 14.3. The highest BCUT2D eigenvalue weighted by Crippen LogP contribution is 2.37. The van der Waals surface area contributed by atoms with Gasteiger partial charge in [0.25, 0.3) is 5.91 Å². The summed E-state index contributed by atoms with van der Waals surface area (Å²) in [6.45, 7) is 7.28. The first-order valence-electron chi connectivity index (χ1n) is 10.1. The maximum Gasteiger partial charge on any atom is 0.331 e. The first-order chi connectivity index (χ1) is 14.7. The molecule has 3 rings (SSSR count). The van der Waals surface area contributed by atoms with Crippen LogP contribution in [0.5, 0.6) is 5.75 Å². The second-order valence-electron chi connectivity index (χ2n) is 7.62. The minimum Gasteiger partial charge on any atom is -0.494 e. The smallest absolute Gasteiger partial charge is 0.331 e. The van der Waals surface area contributed by atoms with Gasteiger partial charge in [0.05, 0.1) is 18.0 Å². The molecule has 0 aromatic heterocycles. The van der Waals surface area contributed by atoms with Gasteiger partial charge in [-0.05, 0) is 63.6 Å². The summed E-state index contributed by atoms with van der Waals surface area (Å²) < 4.78 is 10.7. The first-order valence-corrected chi connectivity index (χ1v) is 10.1. The minimum absolute atomic E-state index is 0.312. The van der Waals surface area contributed by atoms with Crippen molar-refractivity contribution in [1.82, 2.24) is 0 Å². The van der Waals surface area contributed by atoms with Crippen molar-refractivity contribution in [1.29, 1.82) is 0 Å². The maximum atomic E-state index is 13.2. The number of esters is 1. The zero-order valence-electron chi connectivity index (χ0n) is 18.0. The lowest BCUT2D eigenvalue weighted by Crippen LogP contribution is -2.60. The van der Waals surface area contributed by atoms with E-state index in [0.717, 1.165) is 11.3 Å². The van der Waals surface area contributed by atoms with Gasteiger partial charge in [-0.3, -0.25) is 14.5 Å². The van der Waals surface area contributed by atoms with E-state index in [1.807, 2.05) is 31.2 Å². The standard InChI is InChI=1S/C24H26N2O5/c1-5-30-18-13-10-17(11-14-18)12-15-21(27)31-16(2)22(28)26-20-9-7-6-8-19(20)25-23(29)24(26,3)4/h6-16H,5H2,1-4H3,(H,25,29)/b15-12+/t16-/m0/s1. The highest BCUT2D eigenvalue weighted by molar-refractivity contribution is 6.15. The molecule has 2 aromatic rings. The Kier molecular flexibility index (Phi) is 6.44. The van der Waals surface area contributed by atoms with E-state index in [2.05, 4.69) is 5.32 Å². The van der Waals surface area contributed by atoms with Crippen LogP contribution in [-0.2, 0) is 19.1 Å². The van der Waals surface area contributed by atoms with Gasteiger partial charge in [0.2, 0.25) is 5.91 Å². The number of rotatable bonds is 6. The predicted molar refractivity (Wildman–Crippen MR) is 119 cm³/mol. The SMILES string of the molecule is CCOc1ccc(/C=C/C(=O)O[C@@H](C)C(=O)N2c3ccccc3NC(=O)C2(C)C)cc1. The molecule has 7 nitrogen and oxygen atoms in total. The summed E-state index contributed by atoms with van der Waals surface area (Å²) in [5.41, 5.74) is 0.755. The fourth-order valence-corrected chi connectivity index (χ4v) is 3.30. The Hall–Kier alpha value is -3.61. The van der Waals surface area contributed by atoms with Gasteiger partial charge in [-0.2, -0.15) is 0 Å². The van der Waals surface area contributed by atoms with Gasteiger partial charge in [-0.1, -0.05) is 24.3 Å². The van der Waals surface area contributed by atoms with Crippen molar-refractivity contribution in [3.8, 4) is 5.75 Å². The Bertz CT molecular complexity index is 1010. The van der Waals surface area contributed by atoms with Crippen LogP contribution in [0.4, 0.5) is 11.4 Å². The number of carbonyl (C=O) groups is 3. The lowest BCUT2D eigenvalue weighted by atomic mass is 9.95. The zero-order chi connectivity index (χ0) is 22.6. The van der Waals surface area contributed by atoms with Gasteiger partial charge in [0.15, 0.2) is 6.10 Å². The van der Waals surface area contributed by atoms with Gasteiger partial charge >= 0.3 is 5.97 Å². The molecule has 1 aliphatic rings. The molecule has 0 aliphatic carbocycles. The van der Waals surface area contributed by atoms with Crippen molar-refractivity contribution >= 4 is 35.2 Å². The molecule has 2 amide bonds. The third kappa shape index (κ3) is 4.77. The lowest BCUT2D eigenvalue weighted by molar-refractivity contribution is -0.149. The summed E-state index contributed by atoms with van der Waals surface area (Å²) in [6.07, 6.45) is 1.79. The van der Waals surface area contributed by atoms with Crippen LogP contribution in [0.15, 0.2) is 54.6 Å². The zero-order valence-corrected chi connectivity index (χ0v) is 18.0. The van der Waals surface area contributed by atoms with E-state index in [4.69, 9.17) is 9.47 Å². The molecule has 1 N–H and O–H groups in total. The minimum atomic E-state index is -1.13. The van der Waals surface area contributed by atoms with Gasteiger partial charge in [0, 0.05) is 6.08 Å². The van der Waals surface area contributed by atoms with Crippen molar-refractivity contribution in [3.05, 3.63) is 60.2 Å². The Morgan fingerprint density at radius 3 is 2.48 bits per heavy atom. The van der Waals surface area contributed by atoms with Crippen molar-refractivity contribution in [2.45, 2.75) is 39.3 Å². The molecule has 0 fully saturated rings. The number of fused-ring (bicyclic) bond motifs is 1. The Balaban J connectivity index is 1.71. The van der Waals surface area contributed by atoms with Crippen molar-refractivity contribution in [2.24, 2.45) is 0 Å². The molecule has 0 unspecified atom stereocenters. The van der Waals surface area contributed by atoms with Crippen LogP contribution in [0.25, 0.3) is 6.08 Å². The topological polar surface area (TPSA) is 84.9 Å². The highest BCUT2D eigenvalue weighted by atomic mass is 16.5.